The summed E-state index contributed by atoms with van der Waals surface area (Å²) in [4.78, 5) is 0. The van der Waals surface area contributed by atoms with Crippen LogP contribution in [0.5, 0.6) is 5.75 Å². The van der Waals surface area contributed by atoms with Gasteiger partial charge in [-0.05, 0) is 24.6 Å². The Bertz CT molecular complexity index is 374. The lowest BCUT2D eigenvalue weighted by molar-refractivity contribution is 0.338. The van der Waals surface area contributed by atoms with Gasteiger partial charge < -0.3 is 10.1 Å². The fourth-order valence-corrected chi connectivity index (χ4v) is 2.06. The standard InChI is InChI=1S/C11H12FNO/c12-9-6-8(10-1-3-13-10)5-7-2-4-14-11(7)9/h5-6,10,13H,1-4H2. The number of rotatable bonds is 1. The molecule has 1 unspecified atom stereocenters. The second-order valence-electron chi connectivity index (χ2n) is 3.88. The Morgan fingerprint density at radius 3 is 3.00 bits per heavy atom. The van der Waals surface area contributed by atoms with Crippen molar-refractivity contribution in [2.24, 2.45) is 0 Å². The fraction of sp³-hybridized carbons (Fsp3) is 0.455. The molecule has 14 heavy (non-hydrogen) atoms. The summed E-state index contributed by atoms with van der Waals surface area (Å²) in [6.07, 6.45) is 1.95. The normalized spacial score (nSPS) is 23.9. The quantitative estimate of drug-likeness (QED) is 0.734. The number of fused-ring (bicyclic) bond motifs is 1. The first-order chi connectivity index (χ1) is 6.84. The molecule has 0 aromatic heterocycles. The summed E-state index contributed by atoms with van der Waals surface area (Å²) < 4.78 is 18.7. The Labute approximate surface area is 82.1 Å². The molecule has 1 aromatic carbocycles. The monoisotopic (exact) mass is 193 g/mol. The summed E-state index contributed by atoms with van der Waals surface area (Å²) in [6.45, 7) is 1.66. The van der Waals surface area contributed by atoms with Gasteiger partial charge >= 0.3 is 0 Å². The van der Waals surface area contributed by atoms with Gasteiger partial charge in [0, 0.05) is 18.0 Å². The molecule has 0 saturated carbocycles. The lowest BCUT2D eigenvalue weighted by atomic mass is 9.95. The van der Waals surface area contributed by atoms with E-state index in [0.29, 0.717) is 18.4 Å². The number of benzene rings is 1. The van der Waals surface area contributed by atoms with Crippen molar-refractivity contribution in [1.82, 2.24) is 5.32 Å². The van der Waals surface area contributed by atoms with Crippen LogP contribution in [0, 0.1) is 5.82 Å². The van der Waals surface area contributed by atoms with Gasteiger partial charge in [0.05, 0.1) is 6.61 Å². The highest BCUT2D eigenvalue weighted by atomic mass is 19.1. The maximum atomic E-state index is 13.5. The Morgan fingerprint density at radius 1 is 1.43 bits per heavy atom. The van der Waals surface area contributed by atoms with Gasteiger partial charge in [-0.15, -0.1) is 0 Å². The fourth-order valence-electron chi connectivity index (χ4n) is 2.06. The minimum Gasteiger partial charge on any atom is -0.490 e. The molecule has 2 aliphatic heterocycles. The molecular formula is C11H12FNO. The van der Waals surface area contributed by atoms with Crippen molar-refractivity contribution in [1.29, 1.82) is 0 Å². The van der Waals surface area contributed by atoms with E-state index >= 15 is 0 Å². The minimum atomic E-state index is -0.205. The van der Waals surface area contributed by atoms with E-state index in [-0.39, 0.29) is 5.82 Å². The average Bonchev–Trinajstić information content (AvgIpc) is 2.48. The summed E-state index contributed by atoms with van der Waals surface area (Å²) in [5.74, 6) is 0.261. The van der Waals surface area contributed by atoms with Gasteiger partial charge in [0.1, 0.15) is 0 Å². The van der Waals surface area contributed by atoms with Crippen LogP contribution < -0.4 is 10.1 Å². The third-order valence-corrected chi connectivity index (χ3v) is 2.99. The van der Waals surface area contributed by atoms with Gasteiger partial charge in [-0.2, -0.15) is 0 Å². The van der Waals surface area contributed by atoms with Crippen molar-refractivity contribution in [3.63, 3.8) is 0 Å². The number of ether oxygens (including phenoxy) is 1. The number of nitrogens with one attached hydrogen (secondary N) is 1. The molecule has 1 fully saturated rings. The van der Waals surface area contributed by atoms with Crippen LogP contribution in [0.1, 0.15) is 23.6 Å². The van der Waals surface area contributed by atoms with Crippen molar-refractivity contribution in [3.05, 3.63) is 29.1 Å². The molecule has 0 spiro atoms. The molecule has 2 heterocycles. The number of hydrogen-bond donors (Lipinski definition) is 1. The smallest absolute Gasteiger partial charge is 0.165 e. The van der Waals surface area contributed by atoms with E-state index in [1.165, 1.54) is 0 Å². The van der Waals surface area contributed by atoms with Crippen LogP contribution in [0.2, 0.25) is 0 Å². The third kappa shape index (κ3) is 1.12. The van der Waals surface area contributed by atoms with Gasteiger partial charge in [0.25, 0.3) is 0 Å². The van der Waals surface area contributed by atoms with Crippen molar-refractivity contribution < 1.29 is 9.13 Å². The second-order valence-corrected chi connectivity index (χ2v) is 3.88. The van der Waals surface area contributed by atoms with Gasteiger partial charge in [-0.25, -0.2) is 4.39 Å². The van der Waals surface area contributed by atoms with Crippen molar-refractivity contribution in [3.8, 4) is 5.75 Å². The van der Waals surface area contributed by atoms with E-state index in [9.17, 15) is 4.39 Å². The Balaban J connectivity index is 2.02. The van der Waals surface area contributed by atoms with E-state index in [1.807, 2.05) is 0 Å². The molecule has 0 amide bonds. The first-order valence-corrected chi connectivity index (χ1v) is 5.03. The molecule has 1 aromatic rings. The molecule has 1 atom stereocenters. The van der Waals surface area contributed by atoms with Gasteiger partial charge in [-0.1, -0.05) is 6.07 Å². The lowest BCUT2D eigenvalue weighted by Gasteiger charge is -2.28. The molecule has 2 aliphatic rings. The zero-order valence-corrected chi connectivity index (χ0v) is 7.85. The highest BCUT2D eigenvalue weighted by Gasteiger charge is 2.24. The van der Waals surface area contributed by atoms with Crippen LogP contribution in [0.15, 0.2) is 12.1 Å². The maximum absolute atomic E-state index is 13.5. The van der Waals surface area contributed by atoms with Crippen molar-refractivity contribution in [2.45, 2.75) is 18.9 Å². The SMILES string of the molecule is Fc1cc(C2CCN2)cc2c1OCC2. The second kappa shape index (κ2) is 2.95. The van der Waals surface area contributed by atoms with Gasteiger partial charge in [-0.3, -0.25) is 0 Å². The molecule has 0 radical (unpaired) electrons. The third-order valence-electron chi connectivity index (χ3n) is 2.99. The topological polar surface area (TPSA) is 21.3 Å². The van der Waals surface area contributed by atoms with Crippen molar-refractivity contribution >= 4 is 0 Å². The van der Waals surface area contributed by atoms with E-state index in [0.717, 1.165) is 30.5 Å². The van der Waals surface area contributed by atoms with Crippen molar-refractivity contribution in [2.75, 3.05) is 13.2 Å². The summed E-state index contributed by atoms with van der Waals surface area (Å²) in [5, 5.41) is 3.27. The van der Waals surface area contributed by atoms with E-state index in [2.05, 4.69) is 11.4 Å². The molecular weight excluding hydrogens is 181 g/mol. The summed E-state index contributed by atoms with van der Waals surface area (Å²) >= 11 is 0. The number of hydrogen-bond acceptors (Lipinski definition) is 2. The van der Waals surface area contributed by atoms with Crippen LogP contribution in [0.25, 0.3) is 0 Å². The lowest BCUT2D eigenvalue weighted by Crippen LogP contribution is -2.35. The van der Waals surface area contributed by atoms with E-state index in [1.54, 1.807) is 6.07 Å². The minimum absolute atomic E-state index is 0.205. The first-order valence-electron chi connectivity index (χ1n) is 5.03. The Kier molecular flexibility index (Phi) is 1.74. The van der Waals surface area contributed by atoms with Crippen LogP contribution in [0.3, 0.4) is 0 Å². The van der Waals surface area contributed by atoms with Crippen LogP contribution in [-0.2, 0) is 6.42 Å². The Hall–Kier alpha value is -1.09. The Morgan fingerprint density at radius 2 is 2.29 bits per heavy atom. The van der Waals surface area contributed by atoms with Crippen LogP contribution in [0.4, 0.5) is 4.39 Å². The predicted molar refractivity (Wildman–Crippen MR) is 51.0 cm³/mol. The van der Waals surface area contributed by atoms with Crippen LogP contribution in [-0.4, -0.2) is 13.2 Å². The summed E-state index contributed by atoms with van der Waals surface area (Å²) in [5.41, 5.74) is 2.09. The van der Waals surface area contributed by atoms with Gasteiger partial charge in [0.2, 0.25) is 0 Å². The molecule has 0 bridgehead atoms. The van der Waals surface area contributed by atoms with E-state index in [4.69, 9.17) is 4.74 Å². The first kappa shape index (κ1) is 8.24. The van der Waals surface area contributed by atoms with E-state index < -0.39 is 0 Å². The van der Waals surface area contributed by atoms with Crippen LogP contribution >= 0.6 is 0 Å². The molecule has 3 rings (SSSR count). The zero-order chi connectivity index (χ0) is 9.54. The average molecular weight is 193 g/mol. The molecule has 1 N–H and O–H groups in total. The number of halogens is 1. The predicted octanol–water partition coefficient (Wildman–Crippen LogP) is 1.79. The van der Waals surface area contributed by atoms with Gasteiger partial charge in [0.15, 0.2) is 11.6 Å². The molecule has 0 aliphatic carbocycles. The summed E-state index contributed by atoms with van der Waals surface area (Å²) in [7, 11) is 0. The summed E-state index contributed by atoms with van der Waals surface area (Å²) in [6, 6.07) is 4.03. The molecule has 3 heteroatoms. The highest BCUT2D eigenvalue weighted by molar-refractivity contribution is 5.42. The largest absolute Gasteiger partial charge is 0.490 e. The maximum Gasteiger partial charge on any atom is 0.165 e. The zero-order valence-electron chi connectivity index (χ0n) is 7.85. The highest BCUT2D eigenvalue weighted by Crippen LogP contribution is 2.33. The molecule has 74 valence electrons. The molecule has 2 nitrogen and oxygen atoms in total. The molecule has 1 saturated heterocycles.